The Bertz CT molecular complexity index is 708. The first-order chi connectivity index (χ1) is 12.9. The summed E-state index contributed by atoms with van der Waals surface area (Å²) in [6.45, 7) is 4.91. The lowest BCUT2D eigenvalue weighted by atomic mass is 10.2. The fourth-order valence-electron chi connectivity index (χ4n) is 2.95. The average molecular weight is 402 g/mol. The molecule has 0 saturated carbocycles. The number of ether oxygens (including phenoxy) is 1. The number of amides is 1. The Hall–Kier alpha value is -1.71. The predicted octanol–water partition coefficient (Wildman–Crippen LogP) is 1.21. The van der Waals surface area contributed by atoms with Crippen LogP contribution in [0.15, 0.2) is 24.3 Å². The lowest BCUT2D eigenvalue weighted by Gasteiger charge is -2.26. The first-order valence-electron chi connectivity index (χ1n) is 9.17. The second kappa shape index (κ2) is 10.6. The third-order valence-corrected chi connectivity index (χ3v) is 5.54. The molecule has 1 heterocycles. The third-order valence-electron chi connectivity index (χ3n) is 4.36. The number of morpholine rings is 1. The van der Waals surface area contributed by atoms with Gasteiger partial charge in [0.1, 0.15) is 5.82 Å². The molecule has 1 amide bonds. The molecule has 7 nitrogen and oxygen atoms in total. The summed E-state index contributed by atoms with van der Waals surface area (Å²) in [5.41, 5.74) is 0.00548. The number of rotatable bonds is 10. The minimum Gasteiger partial charge on any atom is -0.379 e. The van der Waals surface area contributed by atoms with Gasteiger partial charge in [-0.2, -0.15) is 0 Å². The van der Waals surface area contributed by atoms with E-state index in [1.807, 2.05) is 0 Å². The summed E-state index contributed by atoms with van der Waals surface area (Å²) in [7, 11) is -3.63. The molecule has 9 heteroatoms. The topological polar surface area (TPSA) is 79.0 Å². The highest BCUT2D eigenvalue weighted by Gasteiger charge is 2.20. The van der Waals surface area contributed by atoms with E-state index in [4.69, 9.17) is 4.74 Å². The molecule has 27 heavy (non-hydrogen) atoms. The van der Waals surface area contributed by atoms with Crippen molar-refractivity contribution in [1.82, 2.24) is 10.2 Å². The van der Waals surface area contributed by atoms with Gasteiger partial charge in [0.15, 0.2) is 0 Å². The summed E-state index contributed by atoms with van der Waals surface area (Å²) in [4.78, 5) is 14.2. The van der Waals surface area contributed by atoms with Crippen LogP contribution in [0.5, 0.6) is 0 Å². The molecular formula is C18H28FN3O4S. The molecule has 0 atom stereocenters. The molecule has 1 N–H and O–H groups in total. The highest BCUT2D eigenvalue weighted by Crippen LogP contribution is 2.21. The quantitative estimate of drug-likeness (QED) is 0.596. The third kappa shape index (κ3) is 7.43. The average Bonchev–Trinajstić information content (AvgIpc) is 2.63. The van der Waals surface area contributed by atoms with E-state index in [1.54, 1.807) is 6.07 Å². The number of nitrogens with one attached hydrogen (secondary N) is 1. The zero-order valence-corrected chi connectivity index (χ0v) is 16.5. The molecule has 1 aliphatic rings. The molecule has 0 spiro atoms. The van der Waals surface area contributed by atoms with Crippen LogP contribution in [0.1, 0.15) is 19.3 Å². The van der Waals surface area contributed by atoms with Crippen LogP contribution in [0.2, 0.25) is 0 Å². The molecule has 152 valence electrons. The van der Waals surface area contributed by atoms with Crippen molar-refractivity contribution in [2.45, 2.75) is 19.3 Å². The predicted molar refractivity (Wildman–Crippen MR) is 103 cm³/mol. The maximum atomic E-state index is 13.9. The monoisotopic (exact) mass is 401 g/mol. The molecule has 1 fully saturated rings. The normalized spacial score (nSPS) is 15.5. The first kappa shape index (κ1) is 21.6. The highest BCUT2D eigenvalue weighted by molar-refractivity contribution is 7.92. The zero-order valence-electron chi connectivity index (χ0n) is 15.7. The van der Waals surface area contributed by atoms with Crippen LogP contribution in [0.3, 0.4) is 0 Å². The molecular weight excluding hydrogens is 373 g/mol. The Kier molecular flexibility index (Phi) is 8.46. The Morgan fingerprint density at radius 2 is 1.96 bits per heavy atom. The van der Waals surface area contributed by atoms with Gasteiger partial charge in [-0.3, -0.25) is 14.0 Å². The second-order valence-corrected chi connectivity index (χ2v) is 8.45. The Labute approximate surface area is 160 Å². The Morgan fingerprint density at radius 3 is 2.63 bits per heavy atom. The van der Waals surface area contributed by atoms with Gasteiger partial charge in [-0.15, -0.1) is 0 Å². The Morgan fingerprint density at radius 1 is 1.26 bits per heavy atom. The smallest absolute Gasteiger partial charge is 0.232 e. The minimum absolute atomic E-state index is 0.00548. The van der Waals surface area contributed by atoms with E-state index >= 15 is 0 Å². The summed E-state index contributed by atoms with van der Waals surface area (Å²) in [6, 6.07) is 5.72. The van der Waals surface area contributed by atoms with Crippen molar-refractivity contribution in [3.63, 3.8) is 0 Å². The van der Waals surface area contributed by atoms with Crippen LogP contribution < -0.4 is 9.62 Å². The molecule has 2 rings (SSSR count). The fraction of sp³-hybridized carbons (Fsp3) is 0.611. The van der Waals surface area contributed by atoms with Crippen molar-refractivity contribution >= 4 is 21.6 Å². The van der Waals surface area contributed by atoms with E-state index in [0.29, 0.717) is 13.0 Å². The van der Waals surface area contributed by atoms with Crippen molar-refractivity contribution in [2.75, 3.05) is 56.5 Å². The number of sulfonamides is 1. The summed E-state index contributed by atoms with van der Waals surface area (Å²) in [5, 5.41) is 2.85. The molecule has 0 unspecified atom stereocenters. The number of benzene rings is 1. The number of para-hydroxylation sites is 1. The molecule has 0 aromatic heterocycles. The molecule has 1 saturated heterocycles. The summed E-state index contributed by atoms with van der Waals surface area (Å²) in [5.74, 6) is -0.727. The van der Waals surface area contributed by atoms with E-state index in [9.17, 15) is 17.6 Å². The summed E-state index contributed by atoms with van der Waals surface area (Å²) in [6.07, 6.45) is 2.40. The summed E-state index contributed by atoms with van der Waals surface area (Å²) >= 11 is 0. The number of anilines is 1. The van der Waals surface area contributed by atoms with Gasteiger partial charge in [0.25, 0.3) is 0 Å². The molecule has 0 radical (unpaired) electrons. The standard InChI is InChI=1S/C18H28FN3O4S/c1-27(24,25)22(17-7-3-2-6-16(17)19)11-4-8-18(23)20-9-5-10-21-12-14-26-15-13-21/h2-3,6-7H,4-5,8-15H2,1H3,(H,20,23). The van der Waals surface area contributed by atoms with Gasteiger partial charge >= 0.3 is 0 Å². The minimum atomic E-state index is -3.63. The Balaban J connectivity index is 1.71. The molecule has 1 aliphatic heterocycles. The van der Waals surface area contributed by atoms with Gasteiger partial charge in [0, 0.05) is 32.6 Å². The number of hydrogen-bond acceptors (Lipinski definition) is 5. The van der Waals surface area contributed by atoms with Gasteiger partial charge in [-0.05, 0) is 31.5 Å². The van der Waals surface area contributed by atoms with Gasteiger partial charge in [0.2, 0.25) is 15.9 Å². The summed E-state index contributed by atoms with van der Waals surface area (Å²) < 4.78 is 44.1. The molecule has 0 aliphatic carbocycles. The van der Waals surface area contributed by atoms with Crippen molar-refractivity contribution in [3.8, 4) is 0 Å². The van der Waals surface area contributed by atoms with Gasteiger partial charge in [-0.1, -0.05) is 12.1 Å². The van der Waals surface area contributed by atoms with E-state index in [-0.39, 0.29) is 24.6 Å². The fourth-order valence-corrected chi connectivity index (χ4v) is 3.91. The van der Waals surface area contributed by atoms with Crippen molar-refractivity contribution in [1.29, 1.82) is 0 Å². The van der Waals surface area contributed by atoms with Crippen molar-refractivity contribution in [3.05, 3.63) is 30.1 Å². The maximum absolute atomic E-state index is 13.9. The van der Waals surface area contributed by atoms with Gasteiger partial charge in [0.05, 0.1) is 25.2 Å². The van der Waals surface area contributed by atoms with Gasteiger partial charge in [-0.25, -0.2) is 12.8 Å². The SMILES string of the molecule is CS(=O)(=O)N(CCCC(=O)NCCCN1CCOCC1)c1ccccc1F. The number of hydrogen-bond donors (Lipinski definition) is 1. The van der Waals surface area contributed by atoms with Gasteiger partial charge < -0.3 is 10.1 Å². The molecule has 0 bridgehead atoms. The van der Waals surface area contributed by atoms with Crippen LogP contribution in [0.25, 0.3) is 0 Å². The van der Waals surface area contributed by atoms with E-state index < -0.39 is 15.8 Å². The molecule has 1 aromatic carbocycles. The largest absolute Gasteiger partial charge is 0.379 e. The first-order valence-corrected chi connectivity index (χ1v) is 11.0. The van der Waals surface area contributed by atoms with E-state index in [2.05, 4.69) is 10.2 Å². The van der Waals surface area contributed by atoms with E-state index in [1.165, 1.54) is 18.2 Å². The number of carbonyl (C=O) groups is 1. The van der Waals surface area contributed by atoms with Crippen LogP contribution in [0, 0.1) is 5.82 Å². The van der Waals surface area contributed by atoms with Crippen LogP contribution in [-0.2, 0) is 19.6 Å². The van der Waals surface area contributed by atoms with Crippen molar-refractivity contribution < 1.29 is 22.3 Å². The second-order valence-electron chi connectivity index (χ2n) is 6.55. The number of halogens is 1. The van der Waals surface area contributed by atoms with Crippen LogP contribution >= 0.6 is 0 Å². The molecule has 1 aromatic rings. The highest BCUT2D eigenvalue weighted by atomic mass is 32.2. The van der Waals surface area contributed by atoms with Crippen LogP contribution in [0.4, 0.5) is 10.1 Å². The number of carbonyl (C=O) groups excluding carboxylic acids is 1. The lowest BCUT2D eigenvalue weighted by Crippen LogP contribution is -2.38. The van der Waals surface area contributed by atoms with Crippen molar-refractivity contribution in [2.24, 2.45) is 0 Å². The van der Waals surface area contributed by atoms with Crippen LogP contribution in [-0.4, -0.2) is 71.4 Å². The number of nitrogens with zero attached hydrogens (tertiary/aromatic N) is 2. The van der Waals surface area contributed by atoms with E-state index in [0.717, 1.165) is 49.8 Å². The maximum Gasteiger partial charge on any atom is 0.232 e. The zero-order chi connectivity index (χ0) is 19.7. The lowest BCUT2D eigenvalue weighted by molar-refractivity contribution is -0.121.